The van der Waals surface area contributed by atoms with Gasteiger partial charge in [-0.25, -0.2) is 9.18 Å². The number of pyridine rings is 1. The topological polar surface area (TPSA) is 76.2 Å². The molecule has 0 saturated heterocycles. The lowest BCUT2D eigenvalue weighted by atomic mass is 10.2. The molecule has 0 radical (unpaired) electrons. The Morgan fingerprint density at radius 2 is 2.09 bits per heavy atom. The van der Waals surface area contributed by atoms with Crippen LogP contribution in [0.4, 0.5) is 20.6 Å². The number of carbonyl (C=O) groups excluding carboxylic acids is 1. The molecule has 0 aliphatic rings. The first kappa shape index (κ1) is 14.8. The molecule has 0 atom stereocenters. The number of rotatable bonds is 4. The highest BCUT2D eigenvalue weighted by Crippen LogP contribution is 2.36. The molecular formula is C16H14FN3O3. The summed E-state index contributed by atoms with van der Waals surface area (Å²) in [6, 6.07) is 7.73. The molecule has 0 aliphatic carbocycles. The zero-order chi connectivity index (χ0) is 16.2. The standard InChI is InChI=1S/C16H14FN3O3/c1-2-22-16(21)23-15-14(19-11-5-7-18-8-6-11)12-9-10(17)3-4-13(12)20-15/h3-9,20H,2H2,1H3,(H,18,19). The van der Waals surface area contributed by atoms with Gasteiger partial charge in [-0.05, 0) is 37.3 Å². The zero-order valence-corrected chi connectivity index (χ0v) is 12.3. The number of H-pyrrole nitrogens is 1. The van der Waals surface area contributed by atoms with Crippen molar-refractivity contribution in [3.63, 3.8) is 0 Å². The number of nitrogens with one attached hydrogen (secondary N) is 2. The fourth-order valence-electron chi connectivity index (χ4n) is 2.15. The lowest BCUT2D eigenvalue weighted by molar-refractivity contribution is 0.103. The van der Waals surface area contributed by atoms with Crippen molar-refractivity contribution >= 4 is 28.4 Å². The van der Waals surface area contributed by atoms with Gasteiger partial charge in [0, 0.05) is 23.5 Å². The smallest absolute Gasteiger partial charge is 0.434 e. The summed E-state index contributed by atoms with van der Waals surface area (Å²) in [5.74, 6) is -0.238. The van der Waals surface area contributed by atoms with Gasteiger partial charge in [0.2, 0.25) is 5.88 Å². The fraction of sp³-hybridized carbons (Fsp3) is 0.125. The molecule has 0 fully saturated rings. The van der Waals surface area contributed by atoms with E-state index in [0.29, 0.717) is 16.6 Å². The van der Waals surface area contributed by atoms with Crippen molar-refractivity contribution in [1.82, 2.24) is 9.97 Å². The molecule has 0 aliphatic heterocycles. The maximum Gasteiger partial charge on any atom is 0.515 e. The van der Waals surface area contributed by atoms with Gasteiger partial charge in [0.05, 0.1) is 12.1 Å². The minimum atomic E-state index is -0.836. The van der Waals surface area contributed by atoms with Gasteiger partial charge in [-0.3, -0.25) is 4.98 Å². The number of halogens is 1. The van der Waals surface area contributed by atoms with E-state index in [4.69, 9.17) is 9.47 Å². The third-order valence-electron chi connectivity index (χ3n) is 3.12. The average molecular weight is 315 g/mol. The van der Waals surface area contributed by atoms with Crippen molar-refractivity contribution < 1.29 is 18.7 Å². The quantitative estimate of drug-likeness (QED) is 0.712. The van der Waals surface area contributed by atoms with Crippen LogP contribution in [0.15, 0.2) is 42.7 Å². The molecule has 23 heavy (non-hydrogen) atoms. The fourth-order valence-corrected chi connectivity index (χ4v) is 2.15. The molecule has 2 N–H and O–H groups in total. The first-order valence-electron chi connectivity index (χ1n) is 7.00. The number of nitrogens with zero attached hydrogens (tertiary/aromatic N) is 1. The lowest BCUT2D eigenvalue weighted by Crippen LogP contribution is -2.11. The van der Waals surface area contributed by atoms with E-state index < -0.39 is 12.0 Å². The van der Waals surface area contributed by atoms with Crippen LogP contribution in [0.5, 0.6) is 5.88 Å². The predicted molar refractivity (Wildman–Crippen MR) is 83.4 cm³/mol. The van der Waals surface area contributed by atoms with E-state index in [0.717, 1.165) is 5.69 Å². The summed E-state index contributed by atoms with van der Waals surface area (Å²) in [5.41, 5.74) is 1.79. The van der Waals surface area contributed by atoms with E-state index in [1.54, 1.807) is 37.5 Å². The number of hydrogen-bond acceptors (Lipinski definition) is 5. The molecule has 3 aromatic rings. The van der Waals surface area contributed by atoms with Gasteiger partial charge in [0.15, 0.2) is 0 Å². The summed E-state index contributed by atoms with van der Waals surface area (Å²) in [4.78, 5) is 18.5. The largest absolute Gasteiger partial charge is 0.515 e. The van der Waals surface area contributed by atoms with E-state index in [-0.39, 0.29) is 12.5 Å². The van der Waals surface area contributed by atoms with E-state index in [9.17, 15) is 9.18 Å². The van der Waals surface area contributed by atoms with Crippen LogP contribution in [0.3, 0.4) is 0 Å². The third-order valence-corrected chi connectivity index (χ3v) is 3.12. The summed E-state index contributed by atoms with van der Waals surface area (Å²) in [6.45, 7) is 1.87. The van der Waals surface area contributed by atoms with Crippen molar-refractivity contribution in [2.45, 2.75) is 6.92 Å². The summed E-state index contributed by atoms with van der Waals surface area (Å²) in [5, 5.41) is 3.66. The Labute approximate surface area is 131 Å². The minimum Gasteiger partial charge on any atom is -0.434 e. The SMILES string of the molecule is CCOC(=O)Oc1[nH]c2ccc(F)cc2c1Nc1ccncc1. The van der Waals surface area contributed by atoms with Crippen molar-refractivity contribution in [1.29, 1.82) is 0 Å². The molecule has 3 rings (SSSR count). The molecule has 0 saturated carbocycles. The number of anilines is 2. The second-order valence-electron chi connectivity index (χ2n) is 4.66. The molecular weight excluding hydrogens is 301 g/mol. The van der Waals surface area contributed by atoms with Crippen LogP contribution in [-0.4, -0.2) is 22.7 Å². The second-order valence-corrected chi connectivity index (χ2v) is 4.66. The van der Waals surface area contributed by atoms with E-state index in [1.807, 2.05) is 0 Å². The van der Waals surface area contributed by atoms with Crippen molar-refractivity contribution in [3.05, 3.63) is 48.5 Å². The maximum atomic E-state index is 13.6. The van der Waals surface area contributed by atoms with Gasteiger partial charge >= 0.3 is 6.16 Å². The second kappa shape index (κ2) is 6.35. The van der Waals surface area contributed by atoms with Gasteiger partial charge in [-0.15, -0.1) is 0 Å². The number of aromatic nitrogens is 2. The van der Waals surface area contributed by atoms with Crippen LogP contribution in [0, 0.1) is 5.82 Å². The van der Waals surface area contributed by atoms with E-state index in [2.05, 4.69) is 15.3 Å². The Morgan fingerprint density at radius 3 is 2.83 bits per heavy atom. The number of aromatic amines is 1. The van der Waals surface area contributed by atoms with Gasteiger partial charge in [-0.1, -0.05) is 0 Å². The summed E-state index contributed by atoms with van der Waals surface area (Å²) in [7, 11) is 0. The minimum absolute atomic E-state index is 0.154. The van der Waals surface area contributed by atoms with Gasteiger partial charge in [0.1, 0.15) is 11.5 Å². The van der Waals surface area contributed by atoms with Crippen LogP contribution in [-0.2, 0) is 4.74 Å². The number of ether oxygens (including phenoxy) is 2. The zero-order valence-electron chi connectivity index (χ0n) is 12.3. The summed E-state index contributed by atoms with van der Waals surface area (Å²) < 4.78 is 23.5. The Hall–Kier alpha value is -3.09. The molecule has 6 nitrogen and oxygen atoms in total. The Kier molecular flexibility index (Phi) is 4.09. The molecule has 118 valence electrons. The van der Waals surface area contributed by atoms with Crippen LogP contribution in [0.2, 0.25) is 0 Å². The number of fused-ring (bicyclic) bond motifs is 1. The van der Waals surface area contributed by atoms with Crippen molar-refractivity contribution in [2.24, 2.45) is 0 Å². The molecule has 0 spiro atoms. The maximum absolute atomic E-state index is 13.6. The van der Waals surface area contributed by atoms with Crippen molar-refractivity contribution in [2.75, 3.05) is 11.9 Å². The lowest BCUT2D eigenvalue weighted by Gasteiger charge is -2.08. The van der Waals surface area contributed by atoms with E-state index in [1.165, 1.54) is 12.1 Å². The Bertz CT molecular complexity index is 833. The summed E-state index contributed by atoms with van der Waals surface area (Å²) >= 11 is 0. The van der Waals surface area contributed by atoms with E-state index >= 15 is 0 Å². The van der Waals surface area contributed by atoms with Crippen molar-refractivity contribution in [3.8, 4) is 5.88 Å². The first-order valence-corrected chi connectivity index (χ1v) is 7.00. The molecule has 0 unspecified atom stereocenters. The highest BCUT2D eigenvalue weighted by Gasteiger charge is 2.17. The van der Waals surface area contributed by atoms with Crippen LogP contribution >= 0.6 is 0 Å². The third kappa shape index (κ3) is 3.23. The number of carbonyl (C=O) groups is 1. The molecule has 2 heterocycles. The summed E-state index contributed by atoms with van der Waals surface area (Å²) in [6.07, 6.45) is 2.39. The average Bonchev–Trinajstić information content (AvgIpc) is 2.86. The van der Waals surface area contributed by atoms with Gasteiger partial charge in [0.25, 0.3) is 0 Å². The van der Waals surface area contributed by atoms with Crippen LogP contribution < -0.4 is 10.1 Å². The highest BCUT2D eigenvalue weighted by molar-refractivity contribution is 5.98. The molecule has 7 heteroatoms. The predicted octanol–water partition coefficient (Wildman–Crippen LogP) is 3.98. The number of benzene rings is 1. The monoisotopic (exact) mass is 315 g/mol. The van der Waals surface area contributed by atoms with Gasteiger partial charge < -0.3 is 19.8 Å². The van der Waals surface area contributed by atoms with Crippen LogP contribution in [0.1, 0.15) is 6.92 Å². The highest BCUT2D eigenvalue weighted by atomic mass is 19.1. The van der Waals surface area contributed by atoms with Gasteiger partial charge in [-0.2, -0.15) is 0 Å². The number of hydrogen-bond donors (Lipinski definition) is 2. The normalized spacial score (nSPS) is 10.5. The van der Waals surface area contributed by atoms with Crippen LogP contribution in [0.25, 0.3) is 10.9 Å². The molecule has 1 aromatic carbocycles. The first-order chi connectivity index (χ1) is 11.2. The molecule has 2 aromatic heterocycles. The Balaban J connectivity index is 2.03. The molecule has 0 bridgehead atoms. The molecule has 0 amide bonds. The Morgan fingerprint density at radius 1 is 1.30 bits per heavy atom.